The molecule has 1 aromatic carbocycles. The van der Waals surface area contributed by atoms with Crippen molar-refractivity contribution in [1.82, 2.24) is 4.98 Å². The number of rotatable bonds is 2. The van der Waals surface area contributed by atoms with E-state index < -0.39 is 5.82 Å². The second-order valence-electron chi connectivity index (χ2n) is 2.81. The number of benzene rings is 1. The van der Waals surface area contributed by atoms with Gasteiger partial charge in [0.15, 0.2) is 6.29 Å². The van der Waals surface area contributed by atoms with Crippen molar-refractivity contribution < 1.29 is 9.18 Å². The highest BCUT2D eigenvalue weighted by Gasteiger charge is 2.08. The zero-order valence-electron chi connectivity index (χ0n) is 7.41. The van der Waals surface area contributed by atoms with E-state index in [-0.39, 0.29) is 0 Å². The van der Waals surface area contributed by atoms with Gasteiger partial charge in [0.05, 0.1) is 9.90 Å². The number of halogens is 2. The average molecular weight is 242 g/mol. The summed E-state index contributed by atoms with van der Waals surface area (Å²) < 4.78 is 12.8. The van der Waals surface area contributed by atoms with Gasteiger partial charge in [-0.1, -0.05) is 11.6 Å². The van der Waals surface area contributed by atoms with Crippen molar-refractivity contribution >= 4 is 29.2 Å². The van der Waals surface area contributed by atoms with E-state index in [1.807, 2.05) is 0 Å². The Bertz CT molecular complexity index is 512. The van der Waals surface area contributed by atoms with Crippen LogP contribution in [0.2, 0.25) is 5.02 Å². The first-order valence-corrected chi connectivity index (χ1v) is 5.26. The molecule has 0 unspecified atom stereocenters. The second kappa shape index (κ2) is 4.08. The summed E-state index contributed by atoms with van der Waals surface area (Å²) in [5, 5.41) is 0.906. The summed E-state index contributed by atoms with van der Waals surface area (Å²) in [7, 11) is 0. The summed E-state index contributed by atoms with van der Waals surface area (Å²) in [5.74, 6) is -0.393. The molecule has 0 aliphatic carbocycles. The maximum absolute atomic E-state index is 12.8. The van der Waals surface area contributed by atoms with Crippen molar-refractivity contribution in [2.24, 2.45) is 0 Å². The lowest BCUT2D eigenvalue weighted by Gasteiger charge is -1.99. The molecule has 2 aromatic rings. The zero-order valence-corrected chi connectivity index (χ0v) is 8.98. The first-order valence-electron chi connectivity index (χ1n) is 4.07. The maximum Gasteiger partial charge on any atom is 0.161 e. The summed E-state index contributed by atoms with van der Waals surface area (Å²) in [6.07, 6.45) is 2.19. The standard InChI is InChI=1S/C10H5ClFNOS/c11-9-3-6(12)1-2-8(9)10-13-4-7(5-14)15-10/h1-5H. The van der Waals surface area contributed by atoms with Crippen LogP contribution in [0, 0.1) is 5.82 Å². The van der Waals surface area contributed by atoms with Crippen LogP contribution in [-0.2, 0) is 0 Å². The normalized spacial score (nSPS) is 10.3. The Kier molecular flexibility index (Phi) is 2.79. The van der Waals surface area contributed by atoms with Crippen LogP contribution < -0.4 is 0 Å². The summed E-state index contributed by atoms with van der Waals surface area (Å²) in [4.78, 5) is 15.0. The number of hydrogen-bond donors (Lipinski definition) is 0. The molecule has 76 valence electrons. The third-order valence-electron chi connectivity index (χ3n) is 1.80. The minimum Gasteiger partial charge on any atom is -0.297 e. The molecule has 0 fully saturated rings. The average Bonchev–Trinajstić information content (AvgIpc) is 2.66. The molecule has 1 heterocycles. The minimum absolute atomic E-state index is 0.293. The minimum atomic E-state index is -0.393. The molecule has 0 aliphatic heterocycles. The number of nitrogens with zero attached hydrogens (tertiary/aromatic N) is 1. The molecule has 5 heteroatoms. The molecule has 15 heavy (non-hydrogen) atoms. The van der Waals surface area contributed by atoms with Crippen molar-refractivity contribution in [1.29, 1.82) is 0 Å². The van der Waals surface area contributed by atoms with E-state index in [2.05, 4.69) is 4.98 Å². The topological polar surface area (TPSA) is 30.0 Å². The van der Waals surface area contributed by atoms with Crippen molar-refractivity contribution in [2.75, 3.05) is 0 Å². The molecular formula is C10H5ClFNOS. The van der Waals surface area contributed by atoms with Gasteiger partial charge in [0.25, 0.3) is 0 Å². The van der Waals surface area contributed by atoms with Gasteiger partial charge >= 0.3 is 0 Å². The Hall–Kier alpha value is -1.26. The molecule has 0 N–H and O–H groups in total. The largest absolute Gasteiger partial charge is 0.297 e. The fraction of sp³-hybridized carbons (Fsp3) is 0. The SMILES string of the molecule is O=Cc1cnc(-c2ccc(F)cc2Cl)s1. The number of carbonyl (C=O) groups is 1. The summed E-state index contributed by atoms with van der Waals surface area (Å²) in [6, 6.07) is 4.08. The Balaban J connectivity index is 2.49. The van der Waals surface area contributed by atoms with Gasteiger partial charge in [0.1, 0.15) is 10.8 Å². The summed E-state index contributed by atoms with van der Waals surface area (Å²) in [6.45, 7) is 0. The Labute approximate surface area is 94.3 Å². The maximum atomic E-state index is 12.8. The van der Waals surface area contributed by atoms with Crippen LogP contribution in [0.3, 0.4) is 0 Å². The lowest BCUT2D eigenvalue weighted by Crippen LogP contribution is -1.79. The highest BCUT2D eigenvalue weighted by Crippen LogP contribution is 2.31. The van der Waals surface area contributed by atoms with E-state index in [0.29, 0.717) is 20.5 Å². The third kappa shape index (κ3) is 2.06. The fourth-order valence-electron chi connectivity index (χ4n) is 1.13. The highest BCUT2D eigenvalue weighted by molar-refractivity contribution is 7.16. The van der Waals surface area contributed by atoms with Gasteiger partial charge in [-0.2, -0.15) is 0 Å². The lowest BCUT2D eigenvalue weighted by atomic mass is 10.2. The predicted octanol–water partition coefficient (Wildman–Crippen LogP) is 3.42. The van der Waals surface area contributed by atoms with Crippen LogP contribution in [0.15, 0.2) is 24.4 Å². The van der Waals surface area contributed by atoms with Gasteiger partial charge in [0.2, 0.25) is 0 Å². The van der Waals surface area contributed by atoms with Crippen LogP contribution in [0.25, 0.3) is 10.6 Å². The number of aldehydes is 1. The Morgan fingerprint density at radius 1 is 1.47 bits per heavy atom. The quantitative estimate of drug-likeness (QED) is 0.754. The summed E-state index contributed by atoms with van der Waals surface area (Å²) >= 11 is 7.07. The van der Waals surface area contributed by atoms with Crippen LogP contribution in [0.5, 0.6) is 0 Å². The molecule has 0 saturated carbocycles. The molecule has 0 aliphatic rings. The van der Waals surface area contributed by atoms with Crippen molar-refractivity contribution in [3.8, 4) is 10.6 Å². The van der Waals surface area contributed by atoms with E-state index in [1.165, 1.54) is 29.7 Å². The first kappa shape index (κ1) is 10.3. The number of aromatic nitrogens is 1. The third-order valence-corrected chi connectivity index (χ3v) is 3.07. The predicted molar refractivity (Wildman–Crippen MR) is 57.9 cm³/mol. The van der Waals surface area contributed by atoms with Crippen LogP contribution in [0.4, 0.5) is 4.39 Å². The van der Waals surface area contributed by atoms with Gasteiger partial charge in [-0.25, -0.2) is 9.37 Å². The van der Waals surface area contributed by atoms with Crippen molar-refractivity contribution in [2.45, 2.75) is 0 Å². The van der Waals surface area contributed by atoms with Gasteiger partial charge in [-0.15, -0.1) is 11.3 Å². The molecule has 2 rings (SSSR count). The van der Waals surface area contributed by atoms with Gasteiger partial charge in [0, 0.05) is 11.8 Å². The van der Waals surface area contributed by atoms with Gasteiger partial charge in [-0.05, 0) is 18.2 Å². The number of carbonyl (C=O) groups excluding carboxylic acids is 1. The van der Waals surface area contributed by atoms with Crippen LogP contribution in [0.1, 0.15) is 9.67 Å². The molecule has 0 spiro atoms. The molecule has 0 bridgehead atoms. The van der Waals surface area contributed by atoms with E-state index in [1.54, 1.807) is 6.07 Å². The molecule has 1 aromatic heterocycles. The van der Waals surface area contributed by atoms with Crippen LogP contribution >= 0.6 is 22.9 Å². The number of hydrogen-bond acceptors (Lipinski definition) is 3. The van der Waals surface area contributed by atoms with Gasteiger partial charge in [-0.3, -0.25) is 4.79 Å². The molecular weight excluding hydrogens is 237 g/mol. The molecule has 0 saturated heterocycles. The Morgan fingerprint density at radius 3 is 2.87 bits per heavy atom. The van der Waals surface area contributed by atoms with E-state index in [4.69, 9.17) is 11.6 Å². The van der Waals surface area contributed by atoms with Crippen molar-refractivity contribution in [3.63, 3.8) is 0 Å². The van der Waals surface area contributed by atoms with Gasteiger partial charge < -0.3 is 0 Å². The molecule has 0 amide bonds. The second-order valence-corrected chi connectivity index (χ2v) is 4.28. The Morgan fingerprint density at radius 2 is 2.27 bits per heavy atom. The van der Waals surface area contributed by atoms with E-state index >= 15 is 0 Å². The number of thiazole rings is 1. The van der Waals surface area contributed by atoms with E-state index in [9.17, 15) is 9.18 Å². The smallest absolute Gasteiger partial charge is 0.161 e. The molecule has 2 nitrogen and oxygen atoms in total. The first-order chi connectivity index (χ1) is 7.20. The van der Waals surface area contributed by atoms with Crippen LogP contribution in [-0.4, -0.2) is 11.3 Å². The van der Waals surface area contributed by atoms with Crippen molar-refractivity contribution in [3.05, 3.63) is 40.1 Å². The summed E-state index contributed by atoms with van der Waals surface area (Å²) in [5.41, 5.74) is 0.635. The zero-order chi connectivity index (χ0) is 10.8. The molecule has 0 atom stereocenters. The fourth-order valence-corrected chi connectivity index (χ4v) is 2.21. The monoisotopic (exact) mass is 241 g/mol. The highest BCUT2D eigenvalue weighted by atomic mass is 35.5. The van der Waals surface area contributed by atoms with E-state index in [0.717, 1.165) is 6.29 Å². The lowest BCUT2D eigenvalue weighted by molar-refractivity contribution is 0.112. The molecule has 0 radical (unpaired) electrons.